The molecule has 0 unspecified atom stereocenters. The monoisotopic (exact) mass is 96.0 g/mol. The minimum absolute atomic E-state index is 0.322. The van der Waals surface area contributed by atoms with Crippen molar-refractivity contribution in [3.8, 4) is 5.75 Å². The fourth-order valence-corrected chi connectivity index (χ4v) is 0.428. The SMILES string of the molecule is Oc1[13cH]ccc[13cH]1. The summed E-state index contributed by atoms with van der Waals surface area (Å²) in [6, 6.07) is 8.71. The fourth-order valence-electron chi connectivity index (χ4n) is 0.428. The first-order valence-corrected chi connectivity index (χ1v) is 2.13. The van der Waals surface area contributed by atoms with Crippen molar-refractivity contribution in [1.29, 1.82) is 0 Å². The van der Waals surface area contributed by atoms with Gasteiger partial charge in [-0.2, -0.15) is 0 Å². The molecule has 1 N–H and O–H groups in total. The van der Waals surface area contributed by atoms with Gasteiger partial charge in [-0.1, -0.05) is 18.2 Å². The molecule has 0 saturated heterocycles. The number of phenolic OH excluding ortho intramolecular Hbond substituents is 1. The van der Waals surface area contributed by atoms with Gasteiger partial charge in [0, 0.05) is 0 Å². The fraction of sp³-hybridized carbons (Fsp3) is 0. The average molecular weight is 96.1 g/mol. The summed E-state index contributed by atoms with van der Waals surface area (Å²) in [7, 11) is 0. The molecule has 0 fully saturated rings. The largest absolute Gasteiger partial charge is 0.508 e. The van der Waals surface area contributed by atoms with Crippen LogP contribution in [-0.2, 0) is 0 Å². The lowest BCUT2D eigenvalue weighted by molar-refractivity contribution is 0.475. The highest BCUT2D eigenvalue weighted by Crippen LogP contribution is 2.02. The van der Waals surface area contributed by atoms with Crippen molar-refractivity contribution in [1.82, 2.24) is 0 Å². The zero-order valence-corrected chi connectivity index (χ0v) is 3.83. The van der Waals surface area contributed by atoms with Gasteiger partial charge >= 0.3 is 0 Å². The van der Waals surface area contributed by atoms with Gasteiger partial charge in [-0.15, -0.1) is 0 Å². The minimum atomic E-state index is 0.322. The van der Waals surface area contributed by atoms with Crippen molar-refractivity contribution in [2.45, 2.75) is 0 Å². The van der Waals surface area contributed by atoms with Crippen LogP contribution in [0.15, 0.2) is 30.3 Å². The highest BCUT2D eigenvalue weighted by Gasteiger charge is 1.74. The van der Waals surface area contributed by atoms with E-state index in [1.54, 1.807) is 24.3 Å². The maximum Gasteiger partial charge on any atom is 0.115 e. The van der Waals surface area contributed by atoms with E-state index in [1.807, 2.05) is 6.07 Å². The van der Waals surface area contributed by atoms with Gasteiger partial charge in [-0.25, -0.2) is 0 Å². The molecule has 1 heteroatoms. The Hall–Kier alpha value is -0.980. The van der Waals surface area contributed by atoms with Crippen LogP contribution < -0.4 is 0 Å². The van der Waals surface area contributed by atoms with E-state index in [1.165, 1.54) is 0 Å². The van der Waals surface area contributed by atoms with Gasteiger partial charge in [0.15, 0.2) is 0 Å². The van der Waals surface area contributed by atoms with Gasteiger partial charge in [0.25, 0.3) is 0 Å². The van der Waals surface area contributed by atoms with E-state index in [2.05, 4.69) is 0 Å². The van der Waals surface area contributed by atoms with Crippen LogP contribution in [-0.4, -0.2) is 5.11 Å². The normalized spacial score (nSPS) is 8.57. The van der Waals surface area contributed by atoms with Crippen molar-refractivity contribution < 1.29 is 5.11 Å². The first-order chi connectivity index (χ1) is 3.39. The lowest BCUT2D eigenvalue weighted by Gasteiger charge is -1.82. The van der Waals surface area contributed by atoms with Crippen LogP contribution in [0.4, 0.5) is 0 Å². The highest BCUT2D eigenvalue weighted by molar-refractivity contribution is 5.18. The van der Waals surface area contributed by atoms with Gasteiger partial charge in [-0.05, 0) is 12.1 Å². The lowest BCUT2D eigenvalue weighted by atomic mass is 10.6. The summed E-state index contributed by atoms with van der Waals surface area (Å²) >= 11 is 0. The van der Waals surface area contributed by atoms with Crippen LogP contribution in [0, 0.1) is 0 Å². The third-order valence-corrected chi connectivity index (χ3v) is 0.756. The molecular weight excluding hydrogens is 90.0 g/mol. The molecule has 0 spiro atoms. The Morgan fingerprint density at radius 2 is 1.57 bits per heavy atom. The number of phenols is 1. The van der Waals surface area contributed by atoms with Crippen LogP contribution in [0.3, 0.4) is 0 Å². The molecule has 0 aromatic heterocycles. The molecule has 7 heavy (non-hydrogen) atoms. The summed E-state index contributed by atoms with van der Waals surface area (Å²) in [6.45, 7) is 0. The predicted molar refractivity (Wildman–Crippen MR) is 28.1 cm³/mol. The van der Waals surface area contributed by atoms with E-state index in [0.717, 1.165) is 0 Å². The van der Waals surface area contributed by atoms with Gasteiger partial charge < -0.3 is 5.11 Å². The third kappa shape index (κ3) is 0.929. The molecule has 0 atom stereocenters. The first-order valence-electron chi connectivity index (χ1n) is 2.13. The molecule has 1 aromatic carbocycles. The second kappa shape index (κ2) is 1.65. The number of para-hydroxylation sites is 1. The number of rotatable bonds is 0. The summed E-state index contributed by atoms with van der Waals surface area (Å²) < 4.78 is 0. The van der Waals surface area contributed by atoms with Crippen LogP contribution >= 0.6 is 0 Å². The van der Waals surface area contributed by atoms with Crippen molar-refractivity contribution >= 4 is 0 Å². The Morgan fingerprint density at radius 1 is 1.00 bits per heavy atom. The molecule has 0 aliphatic rings. The Labute approximate surface area is 42.2 Å². The van der Waals surface area contributed by atoms with Crippen molar-refractivity contribution in [2.24, 2.45) is 0 Å². The van der Waals surface area contributed by atoms with E-state index in [-0.39, 0.29) is 0 Å². The maximum atomic E-state index is 8.63. The molecule has 36 valence electrons. The highest BCUT2D eigenvalue weighted by atomic mass is 16.3. The van der Waals surface area contributed by atoms with Crippen LogP contribution in [0.5, 0.6) is 5.75 Å². The van der Waals surface area contributed by atoms with Crippen LogP contribution in [0.25, 0.3) is 0 Å². The standard InChI is InChI=1S/C6H6O/c7-6-4-2-1-3-5-6/h1-5,7H/i4+1,5+1. The number of hydrogen-bond donors (Lipinski definition) is 1. The third-order valence-electron chi connectivity index (χ3n) is 0.756. The summed E-state index contributed by atoms with van der Waals surface area (Å²) in [6.07, 6.45) is 0. The molecule has 0 saturated carbocycles. The molecule has 1 rings (SSSR count). The summed E-state index contributed by atoms with van der Waals surface area (Å²) in [5.74, 6) is 0.322. The molecule has 0 aliphatic heterocycles. The topological polar surface area (TPSA) is 20.2 Å². The molecule has 1 nitrogen and oxygen atoms in total. The Kier molecular flexibility index (Phi) is 0.984. The average Bonchev–Trinajstić information content (AvgIpc) is 1.69. The van der Waals surface area contributed by atoms with E-state index in [0.29, 0.717) is 5.75 Å². The molecule has 0 amide bonds. The van der Waals surface area contributed by atoms with Crippen molar-refractivity contribution in [3.63, 3.8) is 0 Å². The number of benzene rings is 1. The van der Waals surface area contributed by atoms with E-state index in [4.69, 9.17) is 5.11 Å². The first kappa shape index (κ1) is 4.19. The second-order valence-corrected chi connectivity index (χ2v) is 1.34. The molecule has 0 aliphatic carbocycles. The van der Waals surface area contributed by atoms with E-state index >= 15 is 0 Å². The zero-order valence-electron chi connectivity index (χ0n) is 3.83. The zero-order chi connectivity index (χ0) is 5.11. The summed E-state index contributed by atoms with van der Waals surface area (Å²) in [5, 5.41) is 8.63. The van der Waals surface area contributed by atoms with Gasteiger partial charge in [0.05, 0.1) is 0 Å². The van der Waals surface area contributed by atoms with Gasteiger partial charge in [0.2, 0.25) is 0 Å². The molecular formula is C6H6O. The minimum Gasteiger partial charge on any atom is -0.508 e. The molecule has 0 bridgehead atoms. The number of hydrogen-bond acceptors (Lipinski definition) is 1. The van der Waals surface area contributed by atoms with E-state index < -0.39 is 0 Å². The lowest BCUT2D eigenvalue weighted by Crippen LogP contribution is -1.56. The van der Waals surface area contributed by atoms with Crippen molar-refractivity contribution in [2.75, 3.05) is 0 Å². The van der Waals surface area contributed by atoms with Gasteiger partial charge in [-0.3, -0.25) is 0 Å². The second-order valence-electron chi connectivity index (χ2n) is 1.34. The quantitative estimate of drug-likeness (QED) is 0.517. The Morgan fingerprint density at radius 3 is 1.86 bits per heavy atom. The Bertz CT molecular complexity index is 134. The molecule has 0 radical (unpaired) electrons. The number of aromatic hydroxyl groups is 1. The summed E-state index contributed by atoms with van der Waals surface area (Å²) in [4.78, 5) is 0. The van der Waals surface area contributed by atoms with Gasteiger partial charge in [0.1, 0.15) is 5.75 Å². The van der Waals surface area contributed by atoms with E-state index in [9.17, 15) is 0 Å². The predicted octanol–water partition coefficient (Wildman–Crippen LogP) is 1.39. The summed E-state index contributed by atoms with van der Waals surface area (Å²) in [5.41, 5.74) is 0. The smallest absolute Gasteiger partial charge is 0.115 e. The Balaban J connectivity index is 3.02. The molecule has 1 aromatic rings. The van der Waals surface area contributed by atoms with Crippen LogP contribution in [0.1, 0.15) is 0 Å². The van der Waals surface area contributed by atoms with Crippen molar-refractivity contribution in [3.05, 3.63) is 30.3 Å². The van der Waals surface area contributed by atoms with Crippen LogP contribution in [0.2, 0.25) is 0 Å². The maximum absolute atomic E-state index is 8.63. The molecule has 0 heterocycles.